The Bertz CT molecular complexity index is 822. The van der Waals surface area contributed by atoms with Crippen molar-refractivity contribution in [3.63, 3.8) is 0 Å². The predicted molar refractivity (Wildman–Crippen MR) is 86.4 cm³/mol. The monoisotopic (exact) mass is 334 g/mol. The number of ether oxygens (including phenoxy) is 1. The van der Waals surface area contributed by atoms with Crippen molar-refractivity contribution in [2.45, 2.75) is 18.2 Å². The van der Waals surface area contributed by atoms with Crippen LogP contribution in [0.5, 0.6) is 0 Å². The summed E-state index contributed by atoms with van der Waals surface area (Å²) in [7, 11) is -3.40. The predicted octanol–water partition coefficient (Wildman–Crippen LogP) is 2.40. The zero-order valence-corrected chi connectivity index (χ0v) is 13.8. The second kappa shape index (κ2) is 7.23. The molecule has 0 bridgehead atoms. The number of hydrogen-bond donors (Lipinski definition) is 0. The van der Waals surface area contributed by atoms with E-state index in [9.17, 15) is 13.2 Å². The van der Waals surface area contributed by atoms with Crippen LogP contribution in [0.4, 0.5) is 0 Å². The number of sulfone groups is 1. The molecule has 0 aliphatic heterocycles. The van der Waals surface area contributed by atoms with E-state index in [1.807, 2.05) is 13.0 Å². The van der Waals surface area contributed by atoms with Crippen molar-refractivity contribution in [3.8, 4) is 5.69 Å². The maximum atomic E-state index is 11.9. The maximum absolute atomic E-state index is 11.9. The Kier molecular flexibility index (Phi) is 5.33. The van der Waals surface area contributed by atoms with Gasteiger partial charge >= 0.3 is 5.97 Å². The third-order valence-electron chi connectivity index (χ3n) is 3.04. The van der Waals surface area contributed by atoms with Crippen LogP contribution in [-0.2, 0) is 14.6 Å². The van der Waals surface area contributed by atoms with Crippen molar-refractivity contribution < 1.29 is 17.9 Å². The quantitative estimate of drug-likeness (QED) is 0.599. The first kappa shape index (κ1) is 17.0. The van der Waals surface area contributed by atoms with Gasteiger partial charge in [-0.1, -0.05) is 31.2 Å². The van der Waals surface area contributed by atoms with Crippen molar-refractivity contribution in [2.24, 2.45) is 0 Å². The van der Waals surface area contributed by atoms with E-state index in [-0.39, 0.29) is 17.1 Å². The molecule has 2 rings (SSSR count). The molecule has 0 aliphatic rings. The summed E-state index contributed by atoms with van der Waals surface area (Å²) in [6, 6.07) is 6.47. The number of nitrogens with zero attached hydrogens (tertiary/aromatic N) is 2. The fourth-order valence-electron chi connectivity index (χ4n) is 1.96. The molecule has 0 aliphatic carbocycles. The minimum atomic E-state index is -3.40. The van der Waals surface area contributed by atoms with E-state index >= 15 is 0 Å². The number of esters is 1. The number of para-hydroxylation sites is 1. The number of carbonyl (C=O) groups excluding carboxylic acids is 1. The summed E-state index contributed by atoms with van der Waals surface area (Å²) >= 11 is 0. The Morgan fingerprint density at radius 2 is 2.04 bits per heavy atom. The lowest BCUT2D eigenvalue weighted by atomic mass is 10.3. The summed E-state index contributed by atoms with van der Waals surface area (Å²) in [5, 5.41) is 4.06. The van der Waals surface area contributed by atoms with Gasteiger partial charge < -0.3 is 4.74 Å². The smallest absolute Gasteiger partial charge is 0.341 e. The maximum Gasteiger partial charge on any atom is 0.341 e. The van der Waals surface area contributed by atoms with Crippen LogP contribution in [0.3, 0.4) is 0 Å². The van der Waals surface area contributed by atoms with Crippen molar-refractivity contribution in [2.75, 3.05) is 12.9 Å². The zero-order valence-electron chi connectivity index (χ0n) is 13.0. The molecule has 0 fully saturated rings. The molecular formula is C16H18N2O4S. The van der Waals surface area contributed by atoms with Crippen LogP contribution >= 0.6 is 0 Å². The molecule has 2 aromatic rings. The van der Waals surface area contributed by atoms with Crippen LogP contribution in [0.2, 0.25) is 0 Å². The van der Waals surface area contributed by atoms with Gasteiger partial charge in [0.2, 0.25) is 0 Å². The molecule has 7 heteroatoms. The Morgan fingerprint density at radius 1 is 1.30 bits per heavy atom. The van der Waals surface area contributed by atoms with Gasteiger partial charge in [0.25, 0.3) is 0 Å². The third kappa shape index (κ3) is 4.29. The largest absolute Gasteiger partial charge is 0.458 e. The summed E-state index contributed by atoms with van der Waals surface area (Å²) in [5.41, 5.74) is 0.651. The molecule has 122 valence electrons. The summed E-state index contributed by atoms with van der Waals surface area (Å²) in [4.78, 5) is 12.1. The average Bonchev–Trinajstić information content (AvgIpc) is 3.00. The first-order chi connectivity index (χ1) is 10.9. The molecule has 23 heavy (non-hydrogen) atoms. The summed E-state index contributed by atoms with van der Waals surface area (Å²) in [6.07, 6.45) is 8.48. The van der Waals surface area contributed by atoms with E-state index in [1.54, 1.807) is 24.3 Å². The van der Waals surface area contributed by atoms with E-state index in [0.717, 1.165) is 12.7 Å². The highest BCUT2D eigenvalue weighted by molar-refractivity contribution is 7.90. The van der Waals surface area contributed by atoms with Crippen molar-refractivity contribution in [3.05, 3.63) is 54.4 Å². The third-order valence-corrected chi connectivity index (χ3v) is 4.19. The molecular weight excluding hydrogens is 316 g/mol. The van der Waals surface area contributed by atoms with Gasteiger partial charge in [-0.15, -0.1) is 0 Å². The molecule has 6 nitrogen and oxygen atoms in total. The standard InChI is InChI=1S/C16H18N2O4S/c1-3-4-7-10-22-16(19)13-11-17-18(12-13)14-8-5-6-9-15(14)23(2,20)21/h4-9,11-12H,3,10H2,1-2H3/b7-4+. The van der Waals surface area contributed by atoms with Crippen LogP contribution in [0, 0.1) is 0 Å². The van der Waals surface area contributed by atoms with Crippen LogP contribution in [0.15, 0.2) is 53.7 Å². The van der Waals surface area contributed by atoms with E-state index in [4.69, 9.17) is 4.74 Å². The van der Waals surface area contributed by atoms with Crippen LogP contribution in [0.1, 0.15) is 23.7 Å². The second-order valence-corrected chi connectivity index (χ2v) is 6.88. The molecule has 0 atom stereocenters. The van der Waals surface area contributed by atoms with Gasteiger partial charge in [0.15, 0.2) is 9.84 Å². The van der Waals surface area contributed by atoms with Gasteiger partial charge in [-0.25, -0.2) is 17.9 Å². The summed E-state index contributed by atoms with van der Waals surface area (Å²) in [6.45, 7) is 2.18. The molecule has 1 heterocycles. The lowest BCUT2D eigenvalue weighted by Crippen LogP contribution is -2.06. The normalized spacial score (nSPS) is 11.7. The molecule has 0 saturated heterocycles. The van der Waals surface area contributed by atoms with Crippen LogP contribution in [-0.4, -0.2) is 37.0 Å². The molecule has 0 spiro atoms. The fourth-order valence-corrected chi connectivity index (χ4v) is 2.83. The molecule has 0 amide bonds. The minimum Gasteiger partial charge on any atom is -0.458 e. The zero-order chi connectivity index (χ0) is 16.9. The molecule has 0 N–H and O–H groups in total. The molecule has 0 unspecified atom stereocenters. The van der Waals surface area contributed by atoms with Crippen LogP contribution < -0.4 is 0 Å². The lowest BCUT2D eigenvalue weighted by molar-refractivity contribution is 0.0549. The van der Waals surface area contributed by atoms with E-state index in [1.165, 1.54) is 23.1 Å². The van der Waals surface area contributed by atoms with Gasteiger partial charge in [-0.05, 0) is 18.6 Å². The molecule has 1 aromatic heterocycles. The first-order valence-corrected chi connectivity index (χ1v) is 8.99. The topological polar surface area (TPSA) is 78.3 Å². The summed E-state index contributed by atoms with van der Waals surface area (Å²) < 4.78 is 30.1. The van der Waals surface area contributed by atoms with Crippen LogP contribution in [0.25, 0.3) is 5.69 Å². The Hall–Kier alpha value is -2.41. The number of hydrogen-bond acceptors (Lipinski definition) is 5. The number of carbonyl (C=O) groups is 1. The highest BCUT2D eigenvalue weighted by Gasteiger charge is 2.16. The number of allylic oxidation sites excluding steroid dienone is 1. The van der Waals surface area contributed by atoms with Crippen molar-refractivity contribution in [1.82, 2.24) is 9.78 Å². The molecule has 0 saturated carbocycles. The number of aromatic nitrogens is 2. The van der Waals surface area contributed by atoms with Gasteiger partial charge in [0.1, 0.15) is 6.61 Å². The van der Waals surface area contributed by atoms with E-state index in [2.05, 4.69) is 5.10 Å². The fraction of sp³-hybridized carbons (Fsp3) is 0.250. The van der Waals surface area contributed by atoms with Gasteiger partial charge in [0.05, 0.1) is 22.3 Å². The highest BCUT2D eigenvalue weighted by atomic mass is 32.2. The SMILES string of the molecule is CC/C=C/COC(=O)c1cnn(-c2ccccc2S(C)(=O)=O)c1. The van der Waals surface area contributed by atoms with Crippen molar-refractivity contribution >= 4 is 15.8 Å². The van der Waals surface area contributed by atoms with Gasteiger partial charge in [-0.3, -0.25) is 0 Å². The average molecular weight is 334 g/mol. The van der Waals surface area contributed by atoms with E-state index in [0.29, 0.717) is 5.69 Å². The second-order valence-electron chi connectivity index (χ2n) is 4.89. The number of benzene rings is 1. The Labute approximate surface area is 135 Å². The number of rotatable bonds is 6. The van der Waals surface area contributed by atoms with Gasteiger partial charge in [0, 0.05) is 12.5 Å². The Balaban J connectivity index is 2.24. The van der Waals surface area contributed by atoms with Crippen molar-refractivity contribution in [1.29, 1.82) is 0 Å². The molecule has 1 aromatic carbocycles. The van der Waals surface area contributed by atoms with E-state index < -0.39 is 15.8 Å². The Morgan fingerprint density at radius 3 is 2.74 bits per heavy atom. The minimum absolute atomic E-state index is 0.147. The highest BCUT2D eigenvalue weighted by Crippen LogP contribution is 2.19. The molecule has 0 radical (unpaired) electrons. The first-order valence-electron chi connectivity index (χ1n) is 7.09. The van der Waals surface area contributed by atoms with Gasteiger partial charge in [-0.2, -0.15) is 5.10 Å². The summed E-state index contributed by atoms with van der Waals surface area (Å²) in [5.74, 6) is -0.506. The lowest BCUT2D eigenvalue weighted by Gasteiger charge is -2.07.